The van der Waals surface area contributed by atoms with Crippen LogP contribution in [0.3, 0.4) is 0 Å². The molecule has 2 unspecified atom stereocenters. The molecule has 0 aromatic carbocycles. The molecular formula is C11H17N3. The summed E-state index contributed by atoms with van der Waals surface area (Å²) in [6.07, 6.45) is 7.97. The van der Waals surface area contributed by atoms with E-state index >= 15 is 0 Å². The summed E-state index contributed by atoms with van der Waals surface area (Å²) < 4.78 is 2.37. The molecule has 0 amide bonds. The van der Waals surface area contributed by atoms with Crippen LogP contribution in [0.1, 0.15) is 44.0 Å². The second kappa shape index (κ2) is 3.09. The first-order valence-corrected chi connectivity index (χ1v) is 5.59. The Bertz CT molecular complexity index is 327. The number of imidazole rings is 1. The summed E-state index contributed by atoms with van der Waals surface area (Å²) in [4.78, 5) is 4.28. The Morgan fingerprint density at radius 1 is 1.50 bits per heavy atom. The molecule has 1 aromatic heterocycles. The van der Waals surface area contributed by atoms with Gasteiger partial charge in [0.25, 0.3) is 0 Å². The molecule has 1 N–H and O–H groups in total. The molecule has 3 nitrogen and oxygen atoms in total. The lowest BCUT2D eigenvalue weighted by Crippen LogP contribution is -2.16. The summed E-state index contributed by atoms with van der Waals surface area (Å²) in [6.45, 7) is 3.46. The fourth-order valence-electron chi connectivity index (χ4n) is 2.38. The lowest BCUT2D eigenvalue weighted by atomic mass is 10.1. The normalized spacial score (nSPS) is 32.4. The average Bonchev–Trinajstić information content (AvgIpc) is 2.75. The van der Waals surface area contributed by atoms with Crippen molar-refractivity contribution < 1.29 is 0 Å². The number of hydrogen-bond donors (Lipinski definition) is 1. The number of nitrogens with zero attached hydrogens (tertiary/aromatic N) is 2. The SMILES string of the molecule is CC1CNC(c2cncn2C2CC2)C1. The van der Waals surface area contributed by atoms with Gasteiger partial charge in [0.1, 0.15) is 0 Å². The number of nitrogens with one attached hydrogen (secondary N) is 1. The highest BCUT2D eigenvalue weighted by Gasteiger charge is 2.30. The molecule has 0 spiro atoms. The van der Waals surface area contributed by atoms with Gasteiger partial charge in [0, 0.05) is 18.3 Å². The highest BCUT2D eigenvalue weighted by molar-refractivity contribution is 5.10. The Balaban J connectivity index is 1.84. The highest BCUT2D eigenvalue weighted by Crippen LogP contribution is 2.38. The molecular weight excluding hydrogens is 174 g/mol. The summed E-state index contributed by atoms with van der Waals surface area (Å²) in [5.74, 6) is 0.808. The molecule has 3 rings (SSSR count). The molecule has 1 aromatic rings. The van der Waals surface area contributed by atoms with Crippen LogP contribution in [0.4, 0.5) is 0 Å². The fraction of sp³-hybridized carbons (Fsp3) is 0.727. The van der Waals surface area contributed by atoms with Crippen molar-refractivity contribution in [3.05, 3.63) is 18.2 Å². The Kier molecular flexibility index (Phi) is 1.87. The van der Waals surface area contributed by atoms with Gasteiger partial charge in [-0.05, 0) is 31.7 Å². The summed E-state index contributed by atoms with van der Waals surface area (Å²) in [6, 6.07) is 1.30. The van der Waals surface area contributed by atoms with Gasteiger partial charge in [0.2, 0.25) is 0 Å². The number of hydrogen-bond acceptors (Lipinski definition) is 2. The largest absolute Gasteiger partial charge is 0.330 e. The van der Waals surface area contributed by atoms with Crippen molar-refractivity contribution in [2.24, 2.45) is 5.92 Å². The zero-order valence-electron chi connectivity index (χ0n) is 8.61. The van der Waals surface area contributed by atoms with Gasteiger partial charge in [-0.2, -0.15) is 0 Å². The molecule has 1 saturated heterocycles. The Hall–Kier alpha value is -0.830. The highest BCUT2D eigenvalue weighted by atomic mass is 15.1. The van der Waals surface area contributed by atoms with Crippen LogP contribution < -0.4 is 5.32 Å². The molecule has 1 aliphatic heterocycles. The van der Waals surface area contributed by atoms with Gasteiger partial charge in [0.05, 0.1) is 12.0 Å². The predicted molar refractivity (Wildman–Crippen MR) is 55.0 cm³/mol. The van der Waals surface area contributed by atoms with Gasteiger partial charge in [-0.3, -0.25) is 0 Å². The van der Waals surface area contributed by atoms with Crippen LogP contribution in [-0.4, -0.2) is 16.1 Å². The van der Waals surface area contributed by atoms with Crippen LogP contribution in [0, 0.1) is 5.92 Å². The van der Waals surface area contributed by atoms with E-state index in [1.165, 1.54) is 25.0 Å². The van der Waals surface area contributed by atoms with Gasteiger partial charge in [-0.25, -0.2) is 4.98 Å². The zero-order chi connectivity index (χ0) is 9.54. The van der Waals surface area contributed by atoms with Gasteiger partial charge in [-0.1, -0.05) is 6.92 Å². The van der Waals surface area contributed by atoms with Crippen molar-refractivity contribution in [1.29, 1.82) is 0 Å². The van der Waals surface area contributed by atoms with Crippen molar-refractivity contribution in [2.75, 3.05) is 6.54 Å². The second-order valence-corrected chi connectivity index (χ2v) is 4.76. The molecule has 3 heteroatoms. The van der Waals surface area contributed by atoms with Crippen molar-refractivity contribution >= 4 is 0 Å². The van der Waals surface area contributed by atoms with E-state index in [-0.39, 0.29) is 0 Å². The van der Waals surface area contributed by atoms with Crippen molar-refractivity contribution in [1.82, 2.24) is 14.9 Å². The minimum Gasteiger partial charge on any atom is -0.330 e. The van der Waals surface area contributed by atoms with Gasteiger partial charge in [-0.15, -0.1) is 0 Å². The average molecular weight is 191 g/mol. The van der Waals surface area contributed by atoms with Crippen LogP contribution in [0.2, 0.25) is 0 Å². The summed E-state index contributed by atoms with van der Waals surface area (Å²) in [5.41, 5.74) is 1.40. The first-order chi connectivity index (χ1) is 6.84. The lowest BCUT2D eigenvalue weighted by Gasteiger charge is -2.13. The third-order valence-corrected chi connectivity index (χ3v) is 3.34. The molecule has 2 fully saturated rings. The summed E-state index contributed by atoms with van der Waals surface area (Å²) >= 11 is 0. The Labute approximate surface area is 84.5 Å². The van der Waals surface area contributed by atoms with E-state index in [1.807, 2.05) is 12.5 Å². The summed E-state index contributed by atoms with van der Waals surface area (Å²) in [5, 5.41) is 3.57. The smallest absolute Gasteiger partial charge is 0.0951 e. The quantitative estimate of drug-likeness (QED) is 0.773. The minimum absolute atomic E-state index is 0.549. The van der Waals surface area contributed by atoms with Crippen molar-refractivity contribution in [3.63, 3.8) is 0 Å². The molecule has 76 valence electrons. The molecule has 0 bridgehead atoms. The molecule has 1 saturated carbocycles. The van der Waals surface area contributed by atoms with E-state index < -0.39 is 0 Å². The maximum Gasteiger partial charge on any atom is 0.0951 e. The van der Waals surface area contributed by atoms with E-state index in [1.54, 1.807) is 0 Å². The second-order valence-electron chi connectivity index (χ2n) is 4.76. The van der Waals surface area contributed by atoms with Crippen LogP contribution in [0.25, 0.3) is 0 Å². The molecule has 14 heavy (non-hydrogen) atoms. The number of rotatable bonds is 2. The van der Waals surface area contributed by atoms with Gasteiger partial charge >= 0.3 is 0 Å². The zero-order valence-corrected chi connectivity index (χ0v) is 8.61. The molecule has 2 atom stereocenters. The van der Waals surface area contributed by atoms with Crippen LogP contribution in [0.5, 0.6) is 0 Å². The standard InChI is InChI=1S/C11H17N3/c1-8-4-10(13-5-8)11-6-12-7-14(11)9-2-3-9/h6-10,13H,2-5H2,1H3. The van der Waals surface area contributed by atoms with Crippen molar-refractivity contribution in [3.8, 4) is 0 Å². The molecule has 1 aliphatic carbocycles. The van der Waals surface area contributed by atoms with Crippen LogP contribution in [0.15, 0.2) is 12.5 Å². The topological polar surface area (TPSA) is 29.9 Å². The molecule has 2 heterocycles. The first-order valence-electron chi connectivity index (χ1n) is 5.59. The number of aromatic nitrogens is 2. The fourth-order valence-corrected chi connectivity index (χ4v) is 2.38. The van der Waals surface area contributed by atoms with E-state index in [4.69, 9.17) is 0 Å². The van der Waals surface area contributed by atoms with Gasteiger partial charge in [0.15, 0.2) is 0 Å². The Morgan fingerprint density at radius 2 is 2.36 bits per heavy atom. The van der Waals surface area contributed by atoms with Gasteiger partial charge < -0.3 is 9.88 Å². The third-order valence-electron chi connectivity index (χ3n) is 3.34. The van der Waals surface area contributed by atoms with E-state index in [2.05, 4.69) is 21.8 Å². The Morgan fingerprint density at radius 3 is 3.00 bits per heavy atom. The van der Waals surface area contributed by atoms with E-state index in [9.17, 15) is 0 Å². The monoisotopic (exact) mass is 191 g/mol. The van der Waals surface area contributed by atoms with E-state index in [0.717, 1.165) is 18.5 Å². The van der Waals surface area contributed by atoms with E-state index in [0.29, 0.717) is 6.04 Å². The van der Waals surface area contributed by atoms with Crippen LogP contribution in [-0.2, 0) is 0 Å². The van der Waals surface area contributed by atoms with Crippen molar-refractivity contribution in [2.45, 2.75) is 38.3 Å². The minimum atomic E-state index is 0.549. The summed E-state index contributed by atoms with van der Waals surface area (Å²) in [7, 11) is 0. The maximum atomic E-state index is 4.28. The lowest BCUT2D eigenvalue weighted by molar-refractivity contribution is 0.557. The molecule has 2 aliphatic rings. The maximum absolute atomic E-state index is 4.28. The molecule has 0 radical (unpaired) electrons. The predicted octanol–water partition coefficient (Wildman–Crippen LogP) is 1.89. The first kappa shape index (κ1) is 8.48. The van der Waals surface area contributed by atoms with Crippen LogP contribution >= 0.6 is 0 Å². The third kappa shape index (κ3) is 1.36.